The van der Waals surface area contributed by atoms with Crippen LogP contribution in [0.1, 0.15) is 31.6 Å². The molecule has 168 valence electrons. The molecule has 2 aliphatic rings. The van der Waals surface area contributed by atoms with Crippen LogP contribution in [0.2, 0.25) is 0 Å². The van der Waals surface area contributed by atoms with Gasteiger partial charge in [-0.15, -0.1) is 13.2 Å². The monoisotopic (exact) mass is 438 g/mol. The van der Waals surface area contributed by atoms with Crippen LogP contribution in [0.15, 0.2) is 30.5 Å². The van der Waals surface area contributed by atoms with Crippen molar-refractivity contribution >= 4 is 5.91 Å². The van der Waals surface area contributed by atoms with Crippen molar-refractivity contribution in [3.63, 3.8) is 0 Å². The molecule has 1 aromatic carbocycles. The number of ether oxygens (including phenoxy) is 2. The van der Waals surface area contributed by atoms with Crippen molar-refractivity contribution in [2.24, 2.45) is 0 Å². The van der Waals surface area contributed by atoms with Gasteiger partial charge in [0.1, 0.15) is 11.6 Å². The van der Waals surface area contributed by atoms with Gasteiger partial charge in [0.05, 0.1) is 31.1 Å². The number of alkyl halides is 3. The van der Waals surface area contributed by atoms with E-state index in [1.807, 2.05) is 4.90 Å². The largest absolute Gasteiger partial charge is 0.573 e. The highest BCUT2D eigenvalue weighted by Crippen LogP contribution is 2.31. The van der Waals surface area contributed by atoms with Crippen molar-refractivity contribution in [3.05, 3.63) is 36.3 Å². The van der Waals surface area contributed by atoms with Gasteiger partial charge in [-0.2, -0.15) is 0 Å². The number of nitrogens with zero attached hydrogens (tertiary/aromatic N) is 3. The average molecular weight is 438 g/mol. The van der Waals surface area contributed by atoms with Gasteiger partial charge in [0, 0.05) is 32.6 Å². The number of amides is 1. The SMILES string of the molecule is CC(=O)N1CCC(N2CCOCC2c2ncc(-c3ccc(OC(F)(F)F)cc3)[nH]2)CC1. The van der Waals surface area contributed by atoms with Gasteiger partial charge in [-0.25, -0.2) is 4.98 Å². The minimum Gasteiger partial charge on any atom is -0.406 e. The molecule has 2 fully saturated rings. The molecule has 1 N–H and O–H groups in total. The second kappa shape index (κ2) is 8.88. The van der Waals surface area contributed by atoms with Gasteiger partial charge in [0.15, 0.2) is 0 Å². The summed E-state index contributed by atoms with van der Waals surface area (Å²) in [7, 11) is 0. The molecule has 1 aromatic heterocycles. The number of aromatic amines is 1. The lowest BCUT2D eigenvalue weighted by molar-refractivity contribution is -0.274. The molecule has 0 saturated carbocycles. The Morgan fingerprint density at radius 2 is 1.90 bits per heavy atom. The molecular weight excluding hydrogens is 413 g/mol. The van der Waals surface area contributed by atoms with Gasteiger partial charge < -0.3 is 19.4 Å². The third-order valence-corrected chi connectivity index (χ3v) is 5.86. The summed E-state index contributed by atoms with van der Waals surface area (Å²) in [4.78, 5) is 23.7. The van der Waals surface area contributed by atoms with Crippen LogP contribution in [-0.2, 0) is 9.53 Å². The Morgan fingerprint density at radius 3 is 2.55 bits per heavy atom. The van der Waals surface area contributed by atoms with E-state index in [1.165, 1.54) is 12.1 Å². The predicted molar refractivity (Wildman–Crippen MR) is 106 cm³/mol. The first-order valence-electron chi connectivity index (χ1n) is 10.3. The van der Waals surface area contributed by atoms with Gasteiger partial charge in [-0.1, -0.05) is 0 Å². The number of nitrogens with one attached hydrogen (secondary N) is 1. The minimum atomic E-state index is -4.71. The fourth-order valence-corrected chi connectivity index (χ4v) is 4.29. The number of rotatable bonds is 4. The van der Waals surface area contributed by atoms with Gasteiger partial charge >= 0.3 is 6.36 Å². The van der Waals surface area contributed by atoms with E-state index < -0.39 is 6.36 Å². The molecular formula is C21H25F3N4O3. The van der Waals surface area contributed by atoms with Crippen LogP contribution >= 0.6 is 0 Å². The number of benzene rings is 1. The van der Waals surface area contributed by atoms with Crippen molar-refractivity contribution in [1.29, 1.82) is 0 Å². The number of likely N-dealkylation sites (tertiary alicyclic amines) is 1. The van der Waals surface area contributed by atoms with Gasteiger partial charge in [0.25, 0.3) is 0 Å². The number of hydrogen-bond acceptors (Lipinski definition) is 5. The first-order valence-corrected chi connectivity index (χ1v) is 10.3. The summed E-state index contributed by atoms with van der Waals surface area (Å²) < 4.78 is 46.7. The Bertz CT molecular complexity index is 892. The summed E-state index contributed by atoms with van der Waals surface area (Å²) in [6.45, 7) is 5.05. The molecule has 0 bridgehead atoms. The maximum absolute atomic E-state index is 12.4. The zero-order valence-electron chi connectivity index (χ0n) is 17.2. The fourth-order valence-electron chi connectivity index (χ4n) is 4.29. The highest BCUT2D eigenvalue weighted by molar-refractivity contribution is 5.73. The zero-order valence-corrected chi connectivity index (χ0v) is 17.2. The molecule has 7 nitrogen and oxygen atoms in total. The first kappa shape index (κ1) is 21.6. The molecule has 0 spiro atoms. The molecule has 1 unspecified atom stereocenters. The van der Waals surface area contributed by atoms with E-state index in [0.29, 0.717) is 30.5 Å². The highest BCUT2D eigenvalue weighted by Gasteiger charge is 2.35. The van der Waals surface area contributed by atoms with Gasteiger partial charge in [-0.3, -0.25) is 9.69 Å². The quantitative estimate of drug-likeness (QED) is 0.793. The standard InChI is InChI=1S/C21H25F3N4O3/c1-14(29)27-8-6-16(7-9-27)28-10-11-30-13-19(28)20-25-12-18(26-20)15-2-4-17(5-3-15)31-21(22,23)24/h2-5,12,16,19H,6-11,13H2,1H3,(H,25,26). The van der Waals surface area contributed by atoms with E-state index in [4.69, 9.17) is 4.74 Å². The molecule has 0 radical (unpaired) electrons. The molecule has 0 aliphatic carbocycles. The van der Waals surface area contributed by atoms with Crippen LogP contribution in [0, 0.1) is 0 Å². The van der Waals surface area contributed by atoms with E-state index in [1.54, 1.807) is 25.3 Å². The number of halogens is 3. The lowest BCUT2D eigenvalue weighted by Crippen LogP contribution is -2.51. The summed E-state index contributed by atoms with van der Waals surface area (Å²) in [6.07, 6.45) is -1.22. The number of hydrogen-bond donors (Lipinski definition) is 1. The lowest BCUT2D eigenvalue weighted by atomic mass is 10.00. The van der Waals surface area contributed by atoms with Crippen molar-refractivity contribution in [2.45, 2.75) is 38.2 Å². The molecule has 1 atom stereocenters. The Hall–Kier alpha value is -2.59. The second-order valence-electron chi connectivity index (χ2n) is 7.82. The van der Waals surface area contributed by atoms with Crippen LogP contribution in [0.5, 0.6) is 5.75 Å². The summed E-state index contributed by atoms with van der Waals surface area (Å²) in [5, 5.41) is 0. The van der Waals surface area contributed by atoms with Crippen molar-refractivity contribution in [3.8, 4) is 17.0 Å². The summed E-state index contributed by atoms with van der Waals surface area (Å²) in [5.41, 5.74) is 1.43. The smallest absolute Gasteiger partial charge is 0.406 e. The van der Waals surface area contributed by atoms with E-state index in [2.05, 4.69) is 19.6 Å². The van der Waals surface area contributed by atoms with Crippen LogP contribution in [-0.4, -0.2) is 70.9 Å². The van der Waals surface area contributed by atoms with Gasteiger partial charge in [-0.05, 0) is 42.7 Å². The minimum absolute atomic E-state index is 0.0378. The van der Waals surface area contributed by atoms with Crippen LogP contribution in [0.4, 0.5) is 13.2 Å². The Kier molecular flexibility index (Phi) is 6.19. The number of carbonyl (C=O) groups is 1. The zero-order chi connectivity index (χ0) is 22.0. The van der Waals surface area contributed by atoms with E-state index in [0.717, 1.165) is 38.3 Å². The fraction of sp³-hybridized carbons (Fsp3) is 0.524. The van der Waals surface area contributed by atoms with E-state index in [-0.39, 0.29) is 17.7 Å². The topological polar surface area (TPSA) is 70.7 Å². The maximum Gasteiger partial charge on any atom is 0.573 e. The van der Waals surface area contributed by atoms with Crippen LogP contribution in [0.3, 0.4) is 0 Å². The summed E-state index contributed by atoms with van der Waals surface area (Å²) >= 11 is 0. The molecule has 4 rings (SSSR count). The third kappa shape index (κ3) is 5.19. The van der Waals surface area contributed by atoms with Gasteiger partial charge in [0.2, 0.25) is 5.91 Å². The lowest BCUT2D eigenvalue weighted by Gasteiger charge is -2.43. The Balaban J connectivity index is 1.46. The van der Waals surface area contributed by atoms with Crippen molar-refractivity contribution in [1.82, 2.24) is 19.8 Å². The molecule has 3 heterocycles. The molecule has 2 saturated heterocycles. The second-order valence-corrected chi connectivity index (χ2v) is 7.82. The van der Waals surface area contributed by atoms with E-state index in [9.17, 15) is 18.0 Å². The molecule has 2 aliphatic heterocycles. The molecule has 1 amide bonds. The normalized spacial score (nSPS) is 21.3. The Labute approximate surface area is 178 Å². The summed E-state index contributed by atoms with van der Waals surface area (Å²) in [6, 6.07) is 5.99. The number of aromatic nitrogens is 2. The molecule has 31 heavy (non-hydrogen) atoms. The van der Waals surface area contributed by atoms with E-state index >= 15 is 0 Å². The number of carbonyl (C=O) groups excluding carboxylic acids is 1. The third-order valence-electron chi connectivity index (χ3n) is 5.86. The van der Waals surface area contributed by atoms with Crippen LogP contribution in [0.25, 0.3) is 11.3 Å². The number of H-pyrrole nitrogens is 1. The predicted octanol–water partition coefficient (Wildman–Crippen LogP) is 3.36. The first-order chi connectivity index (χ1) is 14.8. The number of imidazole rings is 1. The highest BCUT2D eigenvalue weighted by atomic mass is 19.4. The number of morpholine rings is 1. The Morgan fingerprint density at radius 1 is 1.19 bits per heavy atom. The maximum atomic E-state index is 12.4. The molecule has 10 heteroatoms. The number of piperidine rings is 1. The molecule has 2 aromatic rings. The van der Waals surface area contributed by atoms with Crippen molar-refractivity contribution in [2.75, 3.05) is 32.8 Å². The summed E-state index contributed by atoms with van der Waals surface area (Å²) in [5.74, 6) is 0.610. The average Bonchev–Trinajstić information content (AvgIpc) is 3.23. The van der Waals surface area contributed by atoms with Crippen molar-refractivity contribution < 1.29 is 27.4 Å². The van der Waals surface area contributed by atoms with Crippen LogP contribution < -0.4 is 4.74 Å².